The molecule has 0 nitrogen and oxygen atoms in total. The molecule has 1 aliphatic rings. The van der Waals surface area contributed by atoms with Crippen LogP contribution in [0, 0.1) is 0 Å². The minimum absolute atomic E-state index is 1.14. The summed E-state index contributed by atoms with van der Waals surface area (Å²) in [6, 6.07) is 0. The van der Waals surface area contributed by atoms with E-state index < -0.39 is 0 Å². The zero-order valence-corrected chi connectivity index (χ0v) is 6.61. The third-order valence-corrected chi connectivity index (χ3v) is 3.41. The highest BCUT2D eigenvalue weighted by Crippen LogP contribution is 2.33. The SMILES string of the molecule is CCPC1CCCC1. The summed E-state index contributed by atoms with van der Waals surface area (Å²) in [5, 5.41) is 0. The maximum Gasteiger partial charge on any atom is -0.0237 e. The van der Waals surface area contributed by atoms with Crippen LogP contribution in [0.25, 0.3) is 0 Å². The first kappa shape index (κ1) is 6.55. The largest absolute Gasteiger partial charge is 0.119 e. The van der Waals surface area contributed by atoms with Crippen LogP contribution in [0.2, 0.25) is 0 Å². The molecular formula is C7H15P. The summed E-state index contributed by atoms with van der Waals surface area (Å²) in [7, 11) is 1.27. The van der Waals surface area contributed by atoms with Gasteiger partial charge in [0.15, 0.2) is 0 Å². The molecule has 0 bridgehead atoms. The molecule has 1 aliphatic carbocycles. The van der Waals surface area contributed by atoms with Gasteiger partial charge < -0.3 is 0 Å². The molecule has 0 aromatic carbocycles. The molecule has 0 radical (unpaired) electrons. The average molecular weight is 130 g/mol. The molecule has 8 heavy (non-hydrogen) atoms. The van der Waals surface area contributed by atoms with Crippen molar-refractivity contribution in [3.63, 3.8) is 0 Å². The average Bonchev–Trinajstić information content (AvgIpc) is 2.19. The minimum atomic E-state index is 1.14. The summed E-state index contributed by atoms with van der Waals surface area (Å²) in [5.74, 6) is 0. The van der Waals surface area contributed by atoms with Crippen LogP contribution in [-0.4, -0.2) is 11.8 Å². The third kappa shape index (κ3) is 1.74. The van der Waals surface area contributed by atoms with Crippen LogP contribution in [0.5, 0.6) is 0 Å². The van der Waals surface area contributed by atoms with Gasteiger partial charge in [-0.15, -0.1) is 8.58 Å². The van der Waals surface area contributed by atoms with E-state index in [1.165, 1.54) is 40.4 Å². The molecule has 0 aromatic rings. The van der Waals surface area contributed by atoms with Crippen molar-refractivity contribution in [2.45, 2.75) is 38.3 Å². The lowest BCUT2D eigenvalue weighted by molar-refractivity contribution is 0.886. The molecule has 1 heteroatoms. The Labute approximate surface area is 53.8 Å². The van der Waals surface area contributed by atoms with Gasteiger partial charge in [-0.1, -0.05) is 19.8 Å². The molecule has 1 atom stereocenters. The molecule has 1 unspecified atom stereocenters. The van der Waals surface area contributed by atoms with Gasteiger partial charge in [0.2, 0.25) is 0 Å². The molecule has 0 saturated heterocycles. The summed E-state index contributed by atoms with van der Waals surface area (Å²) in [5.41, 5.74) is 1.14. The molecule has 0 aliphatic heterocycles. The highest BCUT2D eigenvalue weighted by Gasteiger charge is 2.12. The smallest absolute Gasteiger partial charge is 0.0237 e. The van der Waals surface area contributed by atoms with Gasteiger partial charge >= 0.3 is 0 Å². The van der Waals surface area contributed by atoms with Gasteiger partial charge in [0.05, 0.1) is 0 Å². The van der Waals surface area contributed by atoms with Crippen molar-refractivity contribution in [3.8, 4) is 0 Å². The zero-order chi connectivity index (χ0) is 5.82. The first-order valence-electron chi connectivity index (χ1n) is 3.67. The monoisotopic (exact) mass is 130 g/mol. The van der Waals surface area contributed by atoms with Crippen molar-refractivity contribution < 1.29 is 0 Å². The maximum atomic E-state index is 2.30. The van der Waals surface area contributed by atoms with Crippen LogP contribution in [0.1, 0.15) is 32.6 Å². The normalized spacial score (nSPS) is 23.6. The highest BCUT2D eigenvalue weighted by atomic mass is 31.1. The topological polar surface area (TPSA) is 0 Å². The Morgan fingerprint density at radius 1 is 1.38 bits per heavy atom. The summed E-state index contributed by atoms with van der Waals surface area (Å²) >= 11 is 0. The van der Waals surface area contributed by atoms with E-state index in [9.17, 15) is 0 Å². The van der Waals surface area contributed by atoms with E-state index in [0.717, 1.165) is 5.66 Å². The Kier molecular flexibility index (Phi) is 2.83. The van der Waals surface area contributed by atoms with Crippen LogP contribution in [0.15, 0.2) is 0 Å². The van der Waals surface area contributed by atoms with E-state index >= 15 is 0 Å². The lowest BCUT2D eigenvalue weighted by Crippen LogP contribution is -1.89. The first-order valence-corrected chi connectivity index (χ1v) is 4.95. The van der Waals surface area contributed by atoms with Crippen molar-refractivity contribution in [2.24, 2.45) is 0 Å². The molecule has 1 fully saturated rings. The van der Waals surface area contributed by atoms with Crippen molar-refractivity contribution in [2.75, 3.05) is 6.16 Å². The van der Waals surface area contributed by atoms with E-state index in [2.05, 4.69) is 6.92 Å². The van der Waals surface area contributed by atoms with Gasteiger partial charge in [0, 0.05) is 0 Å². The van der Waals surface area contributed by atoms with Gasteiger partial charge in [-0.05, 0) is 24.7 Å². The van der Waals surface area contributed by atoms with Crippen LogP contribution < -0.4 is 0 Å². The fraction of sp³-hybridized carbons (Fsp3) is 1.00. The number of hydrogen-bond acceptors (Lipinski definition) is 0. The predicted octanol–water partition coefficient (Wildman–Crippen LogP) is 2.63. The second kappa shape index (κ2) is 3.45. The van der Waals surface area contributed by atoms with Crippen molar-refractivity contribution in [1.29, 1.82) is 0 Å². The van der Waals surface area contributed by atoms with Gasteiger partial charge in [-0.3, -0.25) is 0 Å². The summed E-state index contributed by atoms with van der Waals surface area (Å²) < 4.78 is 0. The molecule has 0 spiro atoms. The Balaban J connectivity index is 2.06. The molecular weight excluding hydrogens is 115 g/mol. The van der Waals surface area contributed by atoms with Gasteiger partial charge in [-0.2, -0.15) is 0 Å². The van der Waals surface area contributed by atoms with Crippen LogP contribution in [0.3, 0.4) is 0 Å². The third-order valence-electron chi connectivity index (χ3n) is 1.85. The quantitative estimate of drug-likeness (QED) is 0.504. The van der Waals surface area contributed by atoms with E-state index in [1.807, 2.05) is 0 Å². The number of rotatable bonds is 2. The predicted molar refractivity (Wildman–Crippen MR) is 41.1 cm³/mol. The zero-order valence-electron chi connectivity index (χ0n) is 5.61. The second-order valence-corrected chi connectivity index (χ2v) is 4.47. The molecule has 1 saturated carbocycles. The molecule has 48 valence electrons. The minimum Gasteiger partial charge on any atom is -0.119 e. The van der Waals surface area contributed by atoms with Crippen LogP contribution in [0.4, 0.5) is 0 Å². The molecule has 1 rings (SSSR count). The Morgan fingerprint density at radius 3 is 2.50 bits per heavy atom. The Morgan fingerprint density at radius 2 is 2.00 bits per heavy atom. The lowest BCUT2D eigenvalue weighted by Gasteiger charge is -2.03. The molecule has 0 heterocycles. The van der Waals surface area contributed by atoms with Crippen molar-refractivity contribution >= 4 is 8.58 Å². The highest BCUT2D eigenvalue weighted by molar-refractivity contribution is 7.38. The van der Waals surface area contributed by atoms with Crippen LogP contribution >= 0.6 is 8.58 Å². The maximum absolute atomic E-state index is 2.30. The van der Waals surface area contributed by atoms with Crippen molar-refractivity contribution in [1.82, 2.24) is 0 Å². The van der Waals surface area contributed by atoms with E-state index in [-0.39, 0.29) is 0 Å². The van der Waals surface area contributed by atoms with E-state index in [0.29, 0.717) is 0 Å². The molecule has 0 N–H and O–H groups in total. The molecule has 0 aromatic heterocycles. The second-order valence-electron chi connectivity index (χ2n) is 2.54. The van der Waals surface area contributed by atoms with Gasteiger partial charge in [0.1, 0.15) is 0 Å². The fourth-order valence-corrected chi connectivity index (χ4v) is 2.81. The summed E-state index contributed by atoms with van der Waals surface area (Å²) in [6.45, 7) is 2.30. The molecule has 0 amide bonds. The summed E-state index contributed by atoms with van der Waals surface area (Å²) in [4.78, 5) is 0. The van der Waals surface area contributed by atoms with Gasteiger partial charge in [-0.25, -0.2) is 0 Å². The van der Waals surface area contributed by atoms with Crippen LogP contribution in [-0.2, 0) is 0 Å². The lowest BCUT2D eigenvalue weighted by atomic mass is 10.4. The van der Waals surface area contributed by atoms with Crippen molar-refractivity contribution in [3.05, 3.63) is 0 Å². The van der Waals surface area contributed by atoms with Gasteiger partial charge in [0.25, 0.3) is 0 Å². The van der Waals surface area contributed by atoms with E-state index in [1.54, 1.807) is 0 Å². The fourth-order valence-electron chi connectivity index (χ4n) is 1.42. The summed E-state index contributed by atoms with van der Waals surface area (Å²) in [6.07, 6.45) is 7.51. The van der Waals surface area contributed by atoms with E-state index in [4.69, 9.17) is 0 Å². The Hall–Kier alpha value is 0.430. The Bertz CT molecular complexity index is 55.4. The number of hydrogen-bond donors (Lipinski definition) is 0. The standard InChI is InChI=1S/C7H15P/c1-2-8-7-5-3-4-6-7/h7-8H,2-6H2,1H3. The first-order chi connectivity index (χ1) is 3.93.